The van der Waals surface area contributed by atoms with Crippen LogP contribution in [-0.2, 0) is 9.84 Å². The number of rotatable bonds is 1. The highest BCUT2D eigenvalue weighted by Crippen LogP contribution is 1.99. The fraction of sp³-hybridized carbons (Fsp3) is 0.200. The molecule has 0 saturated carbocycles. The Kier molecular flexibility index (Phi) is 1.89. The molecule has 12 heavy (non-hydrogen) atoms. The number of nitrogens with zero attached hydrogens (tertiary/aromatic N) is 2. The lowest BCUT2D eigenvalue weighted by molar-refractivity contribution is 0.589. The summed E-state index contributed by atoms with van der Waals surface area (Å²) in [6.07, 6.45) is 2.91. The van der Waals surface area contributed by atoms with Crippen LogP contribution in [-0.4, -0.2) is 24.3 Å². The van der Waals surface area contributed by atoms with E-state index < -0.39 is 15.4 Å². The van der Waals surface area contributed by atoms with E-state index in [1.807, 2.05) is 0 Å². The Hall–Kier alpha value is -1.37. The molecule has 0 atom stereocenters. The molecule has 0 aromatic carbocycles. The van der Waals surface area contributed by atoms with Crippen molar-refractivity contribution in [3.05, 3.63) is 22.7 Å². The average Bonchev–Trinajstić information content (AvgIpc) is 1.92. The molecule has 1 aromatic rings. The van der Waals surface area contributed by atoms with Gasteiger partial charge in [0.15, 0.2) is 14.9 Å². The zero-order valence-electron chi connectivity index (χ0n) is 6.26. The fourth-order valence-electron chi connectivity index (χ4n) is 0.672. The molecular formula is C5H7N3O3S. The minimum Gasteiger partial charge on any atom is -0.335 e. The quantitative estimate of drug-likeness (QED) is 0.534. The van der Waals surface area contributed by atoms with Gasteiger partial charge in [-0.2, -0.15) is 0 Å². The van der Waals surface area contributed by atoms with E-state index in [9.17, 15) is 13.2 Å². The maximum absolute atomic E-state index is 10.9. The van der Waals surface area contributed by atoms with Gasteiger partial charge in [-0.05, 0) is 0 Å². The molecule has 0 aliphatic carbocycles. The van der Waals surface area contributed by atoms with Crippen molar-refractivity contribution >= 4 is 9.84 Å². The van der Waals surface area contributed by atoms with Crippen LogP contribution >= 0.6 is 0 Å². The smallest absolute Gasteiger partial charge is 0.288 e. The Morgan fingerprint density at radius 3 is 2.50 bits per heavy atom. The number of aromatic nitrogens is 2. The molecule has 1 heterocycles. The third kappa shape index (κ3) is 1.45. The van der Waals surface area contributed by atoms with E-state index in [0.29, 0.717) is 4.68 Å². The van der Waals surface area contributed by atoms with Gasteiger partial charge in [0.2, 0.25) is 0 Å². The molecular weight excluding hydrogens is 182 g/mol. The molecule has 0 radical (unpaired) electrons. The predicted molar refractivity (Wildman–Crippen MR) is 41.8 cm³/mol. The average molecular weight is 189 g/mol. The molecule has 2 N–H and O–H groups in total. The topological polar surface area (TPSA) is 95.0 Å². The van der Waals surface area contributed by atoms with Gasteiger partial charge in [-0.3, -0.25) is 9.78 Å². The molecule has 0 amide bonds. The molecule has 0 fully saturated rings. The first-order chi connectivity index (χ1) is 5.43. The SMILES string of the molecule is CS(=O)(=O)c1cncc(=O)n1N. The van der Waals surface area contributed by atoms with Crippen molar-refractivity contribution in [1.82, 2.24) is 9.66 Å². The molecule has 6 nitrogen and oxygen atoms in total. The van der Waals surface area contributed by atoms with Gasteiger partial charge < -0.3 is 5.84 Å². The maximum atomic E-state index is 10.9. The standard InChI is InChI=1S/C5H7N3O3S/c1-12(10,11)5-3-7-2-4(9)8(5)6/h2-3H,6H2,1H3. The molecule has 0 bridgehead atoms. The van der Waals surface area contributed by atoms with Gasteiger partial charge in [-0.25, -0.2) is 13.1 Å². The minimum absolute atomic E-state index is 0.296. The third-order valence-electron chi connectivity index (χ3n) is 1.22. The van der Waals surface area contributed by atoms with Crippen LogP contribution in [0.25, 0.3) is 0 Å². The summed E-state index contributed by atoms with van der Waals surface area (Å²) in [4.78, 5) is 14.2. The van der Waals surface area contributed by atoms with E-state index in [-0.39, 0.29) is 5.03 Å². The van der Waals surface area contributed by atoms with Crippen LogP contribution in [0, 0.1) is 0 Å². The fourth-order valence-corrected chi connectivity index (χ4v) is 1.37. The Labute approximate surface area is 68.5 Å². The number of nitrogen functional groups attached to an aromatic ring is 1. The van der Waals surface area contributed by atoms with Crippen LogP contribution in [0.15, 0.2) is 22.2 Å². The van der Waals surface area contributed by atoms with Gasteiger partial charge in [0.05, 0.1) is 12.4 Å². The highest BCUT2D eigenvalue weighted by Gasteiger charge is 2.11. The summed E-state index contributed by atoms with van der Waals surface area (Å²) in [6.45, 7) is 0. The van der Waals surface area contributed by atoms with E-state index in [4.69, 9.17) is 5.84 Å². The van der Waals surface area contributed by atoms with Crippen LogP contribution in [0.1, 0.15) is 0 Å². The van der Waals surface area contributed by atoms with E-state index in [1.165, 1.54) is 0 Å². The molecule has 0 spiro atoms. The Bertz CT molecular complexity index is 447. The van der Waals surface area contributed by atoms with Crippen molar-refractivity contribution < 1.29 is 8.42 Å². The first-order valence-corrected chi connectivity index (χ1v) is 4.84. The third-order valence-corrected chi connectivity index (χ3v) is 2.29. The maximum Gasteiger partial charge on any atom is 0.288 e. The largest absolute Gasteiger partial charge is 0.335 e. The molecule has 66 valence electrons. The van der Waals surface area contributed by atoms with E-state index in [0.717, 1.165) is 18.6 Å². The molecule has 1 aromatic heterocycles. The van der Waals surface area contributed by atoms with Gasteiger partial charge in [-0.1, -0.05) is 0 Å². The van der Waals surface area contributed by atoms with Crippen molar-refractivity contribution in [2.45, 2.75) is 5.03 Å². The van der Waals surface area contributed by atoms with Crippen molar-refractivity contribution in [1.29, 1.82) is 0 Å². The van der Waals surface area contributed by atoms with Crippen molar-refractivity contribution in [2.24, 2.45) is 0 Å². The minimum atomic E-state index is -3.48. The molecule has 0 aliphatic heterocycles. The highest BCUT2D eigenvalue weighted by molar-refractivity contribution is 7.90. The normalized spacial score (nSPS) is 11.4. The zero-order valence-corrected chi connectivity index (χ0v) is 7.08. The Morgan fingerprint density at radius 1 is 1.50 bits per heavy atom. The first kappa shape index (κ1) is 8.72. The highest BCUT2D eigenvalue weighted by atomic mass is 32.2. The Balaban J connectivity index is 3.58. The van der Waals surface area contributed by atoms with Crippen LogP contribution in [0.2, 0.25) is 0 Å². The van der Waals surface area contributed by atoms with E-state index in [2.05, 4.69) is 4.98 Å². The monoisotopic (exact) mass is 189 g/mol. The van der Waals surface area contributed by atoms with Crippen molar-refractivity contribution in [2.75, 3.05) is 12.1 Å². The summed E-state index contributed by atoms with van der Waals surface area (Å²) >= 11 is 0. The summed E-state index contributed by atoms with van der Waals surface area (Å²) in [7, 11) is -3.48. The summed E-state index contributed by atoms with van der Waals surface area (Å²) in [5.41, 5.74) is -0.655. The molecule has 7 heteroatoms. The lowest BCUT2D eigenvalue weighted by Gasteiger charge is -2.02. The number of hydrogen-bond donors (Lipinski definition) is 1. The second kappa shape index (κ2) is 2.59. The van der Waals surface area contributed by atoms with Gasteiger partial charge in [0.1, 0.15) is 0 Å². The van der Waals surface area contributed by atoms with E-state index in [1.54, 1.807) is 0 Å². The summed E-state index contributed by atoms with van der Waals surface area (Å²) < 4.78 is 22.4. The zero-order chi connectivity index (χ0) is 9.35. The molecule has 0 saturated heterocycles. The first-order valence-electron chi connectivity index (χ1n) is 2.95. The van der Waals surface area contributed by atoms with Gasteiger partial charge in [0, 0.05) is 6.26 Å². The van der Waals surface area contributed by atoms with Crippen LogP contribution in [0.4, 0.5) is 0 Å². The van der Waals surface area contributed by atoms with Gasteiger partial charge >= 0.3 is 0 Å². The Morgan fingerprint density at radius 2 is 2.08 bits per heavy atom. The molecule has 0 aliphatic rings. The lowest BCUT2D eigenvalue weighted by atomic mass is 10.7. The number of sulfone groups is 1. The van der Waals surface area contributed by atoms with Gasteiger partial charge in [-0.15, -0.1) is 0 Å². The van der Waals surface area contributed by atoms with Crippen LogP contribution < -0.4 is 11.4 Å². The lowest BCUT2D eigenvalue weighted by Crippen LogP contribution is -2.31. The second-order valence-corrected chi connectivity index (χ2v) is 4.19. The van der Waals surface area contributed by atoms with Crippen molar-refractivity contribution in [3.63, 3.8) is 0 Å². The van der Waals surface area contributed by atoms with Crippen LogP contribution in [0.5, 0.6) is 0 Å². The summed E-state index contributed by atoms with van der Waals surface area (Å²) in [5, 5.41) is -0.296. The molecule has 1 rings (SSSR count). The predicted octanol–water partition coefficient (Wildman–Crippen LogP) is -1.64. The van der Waals surface area contributed by atoms with Gasteiger partial charge in [0.25, 0.3) is 5.56 Å². The van der Waals surface area contributed by atoms with E-state index >= 15 is 0 Å². The number of nitrogens with two attached hydrogens (primary N) is 1. The second-order valence-electron chi connectivity index (χ2n) is 2.23. The van der Waals surface area contributed by atoms with Crippen LogP contribution in [0.3, 0.4) is 0 Å². The molecule has 0 unspecified atom stereocenters. The summed E-state index contributed by atoms with van der Waals surface area (Å²) in [6, 6.07) is 0. The summed E-state index contributed by atoms with van der Waals surface area (Å²) in [5.74, 6) is 5.15. The van der Waals surface area contributed by atoms with Crippen molar-refractivity contribution in [3.8, 4) is 0 Å². The number of hydrogen-bond acceptors (Lipinski definition) is 5.